The average molecular weight is 292 g/mol. The van der Waals surface area contributed by atoms with E-state index in [1.807, 2.05) is 6.07 Å². The van der Waals surface area contributed by atoms with Crippen LogP contribution in [0.1, 0.15) is 19.6 Å². The standard InChI is InChI=1S/C16H24N2O3/c1-13(2)15(18-7-10-20-11-8-18)12-17-16(19)6-5-14-4-3-9-21-14/h3-6,9,13,15H,7-8,10-12H2,1-2H3,(H,17,19). The molecule has 1 N–H and O–H groups in total. The Kier molecular flexibility index (Phi) is 6.02. The Bertz CT molecular complexity index is 448. The normalized spacial score (nSPS) is 18.2. The maximum atomic E-state index is 11.9. The fourth-order valence-corrected chi connectivity index (χ4v) is 2.50. The number of carbonyl (C=O) groups is 1. The maximum absolute atomic E-state index is 11.9. The van der Waals surface area contributed by atoms with E-state index in [0.29, 0.717) is 24.3 Å². The summed E-state index contributed by atoms with van der Waals surface area (Å²) in [5, 5.41) is 2.97. The van der Waals surface area contributed by atoms with Crippen molar-refractivity contribution >= 4 is 12.0 Å². The predicted octanol–water partition coefficient (Wildman–Crippen LogP) is 1.77. The van der Waals surface area contributed by atoms with Gasteiger partial charge in [-0.1, -0.05) is 13.8 Å². The summed E-state index contributed by atoms with van der Waals surface area (Å²) in [5.41, 5.74) is 0. The summed E-state index contributed by atoms with van der Waals surface area (Å²) in [6.07, 6.45) is 4.77. The fourth-order valence-electron chi connectivity index (χ4n) is 2.50. The van der Waals surface area contributed by atoms with Gasteiger partial charge >= 0.3 is 0 Å². The van der Waals surface area contributed by atoms with E-state index >= 15 is 0 Å². The van der Waals surface area contributed by atoms with Crippen molar-refractivity contribution in [3.05, 3.63) is 30.2 Å². The lowest BCUT2D eigenvalue weighted by Crippen LogP contribution is -2.51. The molecule has 1 unspecified atom stereocenters. The van der Waals surface area contributed by atoms with Crippen LogP contribution in [0, 0.1) is 5.92 Å². The lowest BCUT2D eigenvalue weighted by molar-refractivity contribution is -0.116. The van der Waals surface area contributed by atoms with E-state index < -0.39 is 0 Å². The first-order chi connectivity index (χ1) is 10.2. The van der Waals surface area contributed by atoms with Gasteiger partial charge < -0.3 is 14.5 Å². The number of morpholine rings is 1. The second-order valence-corrected chi connectivity index (χ2v) is 5.55. The number of hydrogen-bond donors (Lipinski definition) is 1. The van der Waals surface area contributed by atoms with Crippen molar-refractivity contribution in [3.8, 4) is 0 Å². The number of carbonyl (C=O) groups excluding carboxylic acids is 1. The Hall–Kier alpha value is -1.59. The van der Waals surface area contributed by atoms with Gasteiger partial charge in [-0.3, -0.25) is 9.69 Å². The maximum Gasteiger partial charge on any atom is 0.244 e. The molecular formula is C16H24N2O3. The van der Waals surface area contributed by atoms with Gasteiger partial charge in [0.05, 0.1) is 19.5 Å². The van der Waals surface area contributed by atoms with E-state index in [-0.39, 0.29) is 5.91 Å². The molecule has 1 aromatic heterocycles. The molecule has 2 heterocycles. The molecule has 5 heteroatoms. The Morgan fingerprint density at radius 3 is 2.81 bits per heavy atom. The molecular weight excluding hydrogens is 268 g/mol. The molecule has 116 valence electrons. The van der Waals surface area contributed by atoms with Gasteiger partial charge in [0.1, 0.15) is 5.76 Å². The minimum absolute atomic E-state index is 0.0923. The lowest BCUT2D eigenvalue weighted by Gasteiger charge is -2.36. The van der Waals surface area contributed by atoms with Crippen LogP contribution in [0.25, 0.3) is 6.08 Å². The number of rotatable bonds is 6. The van der Waals surface area contributed by atoms with E-state index in [1.54, 1.807) is 18.4 Å². The van der Waals surface area contributed by atoms with Crippen LogP contribution in [0.15, 0.2) is 28.9 Å². The quantitative estimate of drug-likeness (QED) is 0.812. The Morgan fingerprint density at radius 1 is 1.43 bits per heavy atom. The molecule has 0 aromatic carbocycles. The third-order valence-corrected chi connectivity index (χ3v) is 3.71. The van der Waals surface area contributed by atoms with Crippen LogP contribution >= 0.6 is 0 Å². The fraction of sp³-hybridized carbons (Fsp3) is 0.562. The largest absolute Gasteiger partial charge is 0.465 e. The third kappa shape index (κ3) is 5.02. The van der Waals surface area contributed by atoms with Crippen molar-refractivity contribution in [2.24, 2.45) is 5.92 Å². The molecule has 1 fully saturated rings. The van der Waals surface area contributed by atoms with Crippen LogP contribution in [0.5, 0.6) is 0 Å². The van der Waals surface area contributed by atoms with Crippen molar-refractivity contribution in [1.29, 1.82) is 0 Å². The smallest absolute Gasteiger partial charge is 0.244 e. The lowest BCUT2D eigenvalue weighted by atomic mass is 10.0. The number of furan rings is 1. The first kappa shape index (κ1) is 15.8. The number of nitrogens with zero attached hydrogens (tertiary/aromatic N) is 1. The molecule has 5 nitrogen and oxygen atoms in total. The van der Waals surface area contributed by atoms with Crippen molar-refractivity contribution in [2.45, 2.75) is 19.9 Å². The second kappa shape index (κ2) is 8.00. The van der Waals surface area contributed by atoms with Crippen LogP contribution in [0.4, 0.5) is 0 Å². The van der Waals surface area contributed by atoms with E-state index in [9.17, 15) is 4.79 Å². The molecule has 1 amide bonds. The molecule has 0 aliphatic carbocycles. The van der Waals surface area contributed by atoms with Gasteiger partial charge in [0.15, 0.2) is 0 Å². The molecule has 2 rings (SSSR count). The minimum Gasteiger partial charge on any atom is -0.465 e. The Morgan fingerprint density at radius 2 is 2.19 bits per heavy atom. The zero-order chi connectivity index (χ0) is 15.1. The topological polar surface area (TPSA) is 54.7 Å². The minimum atomic E-state index is -0.0923. The Balaban J connectivity index is 1.82. The third-order valence-electron chi connectivity index (χ3n) is 3.71. The number of ether oxygens (including phenoxy) is 1. The SMILES string of the molecule is CC(C)C(CNC(=O)C=Cc1ccco1)N1CCOCC1. The van der Waals surface area contributed by atoms with E-state index in [4.69, 9.17) is 9.15 Å². The Labute approximate surface area is 125 Å². The van der Waals surface area contributed by atoms with Crippen LogP contribution in [-0.4, -0.2) is 49.7 Å². The van der Waals surface area contributed by atoms with Gasteiger partial charge in [0.2, 0.25) is 5.91 Å². The molecule has 1 aromatic rings. The highest BCUT2D eigenvalue weighted by Crippen LogP contribution is 2.12. The first-order valence-electron chi connectivity index (χ1n) is 7.48. The van der Waals surface area contributed by atoms with E-state index in [2.05, 4.69) is 24.1 Å². The van der Waals surface area contributed by atoms with Gasteiger partial charge in [0.25, 0.3) is 0 Å². The molecule has 1 atom stereocenters. The van der Waals surface area contributed by atoms with Crippen LogP contribution in [0.2, 0.25) is 0 Å². The van der Waals surface area contributed by atoms with Gasteiger partial charge in [-0.05, 0) is 24.1 Å². The molecule has 1 aliphatic rings. The summed E-state index contributed by atoms with van der Waals surface area (Å²) in [6, 6.07) is 3.95. The summed E-state index contributed by atoms with van der Waals surface area (Å²) < 4.78 is 10.5. The van der Waals surface area contributed by atoms with Gasteiger partial charge in [-0.25, -0.2) is 0 Å². The monoisotopic (exact) mass is 292 g/mol. The summed E-state index contributed by atoms with van der Waals surface area (Å²) in [5.74, 6) is 1.07. The summed E-state index contributed by atoms with van der Waals surface area (Å²) >= 11 is 0. The molecule has 1 saturated heterocycles. The average Bonchev–Trinajstić information content (AvgIpc) is 2.99. The zero-order valence-corrected chi connectivity index (χ0v) is 12.7. The van der Waals surface area contributed by atoms with Crippen molar-refractivity contribution in [2.75, 3.05) is 32.8 Å². The predicted molar refractivity (Wildman–Crippen MR) is 81.8 cm³/mol. The van der Waals surface area contributed by atoms with Crippen LogP contribution in [0.3, 0.4) is 0 Å². The highest BCUT2D eigenvalue weighted by atomic mass is 16.5. The number of hydrogen-bond acceptors (Lipinski definition) is 4. The number of nitrogens with one attached hydrogen (secondary N) is 1. The molecule has 0 spiro atoms. The zero-order valence-electron chi connectivity index (χ0n) is 12.7. The highest BCUT2D eigenvalue weighted by molar-refractivity contribution is 5.91. The van der Waals surface area contributed by atoms with Crippen molar-refractivity contribution in [1.82, 2.24) is 10.2 Å². The number of amides is 1. The second-order valence-electron chi connectivity index (χ2n) is 5.55. The van der Waals surface area contributed by atoms with Crippen LogP contribution in [-0.2, 0) is 9.53 Å². The molecule has 0 saturated carbocycles. The van der Waals surface area contributed by atoms with Crippen LogP contribution < -0.4 is 5.32 Å². The summed E-state index contributed by atoms with van der Waals surface area (Å²) in [4.78, 5) is 14.3. The first-order valence-corrected chi connectivity index (χ1v) is 7.48. The molecule has 0 radical (unpaired) electrons. The summed E-state index contributed by atoms with van der Waals surface area (Å²) in [6.45, 7) is 8.43. The molecule has 21 heavy (non-hydrogen) atoms. The molecule has 1 aliphatic heterocycles. The van der Waals surface area contributed by atoms with Gasteiger partial charge in [-0.15, -0.1) is 0 Å². The molecule has 0 bridgehead atoms. The van der Waals surface area contributed by atoms with Crippen molar-refractivity contribution in [3.63, 3.8) is 0 Å². The van der Waals surface area contributed by atoms with Gasteiger partial charge in [-0.2, -0.15) is 0 Å². The van der Waals surface area contributed by atoms with Gasteiger partial charge in [0, 0.05) is 31.8 Å². The highest BCUT2D eigenvalue weighted by Gasteiger charge is 2.23. The summed E-state index contributed by atoms with van der Waals surface area (Å²) in [7, 11) is 0. The van der Waals surface area contributed by atoms with E-state index in [1.165, 1.54) is 6.08 Å². The van der Waals surface area contributed by atoms with Crippen molar-refractivity contribution < 1.29 is 13.9 Å². The van der Waals surface area contributed by atoms with E-state index in [0.717, 1.165) is 26.3 Å².